The fraction of sp³-hybridized carbons (Fsp3) is 0.556. The molecule has 0 fully saturated rings. The second kappa shape index (κ2) is 4.77. The minimum absolute atomic E-state index is 0.249. The van der Waals surface area contributed by atoms with E-state index in [2.05, 4.69) is 6.58 Å². The maximum Gasteiger partial charge on any atom is 0.177 e. The van der Waals surface area contributed by atoms with Crippen LogP contribution in [0.15, 0.2) is 23.8 Å². The average molecular weight is 205 g/mol. The maximum absolute atomic E-state index is 9.26. The Labute approximate surface area is 82.6 Å². The third kappa shape index (κ3) is 3.48. The molecule has 1 aliphatic heterocycles. The van der Waals surface area contributed by atoms with Crippen molar-refractivity contribution in [1.29, 1.82) is 0 Å². The van der Waals surface area contributed by atoms with Crippen molar-refractivity contribution < 1.29 is 14.6 Å². The van der Waals surface area contributed by atoms with E-state index in [4.69, 9.17) is 21.1 Å². The summed E-state index contributed by atoms with van der Waals surface area (Å²) in [6.45, 7) is 5.51. The molecule has 1 N–H and O–H groups in total. The van der Waals surface area contributed by atoms with Gasteiger partial charge in [0.25, 0.3) is 0 Å². The van der Waals surface area contributed by atoms with Crippen LogP contribution < -0.4 is 0 Å². The molecule has 0 bridgehead atoms. The maximum atomic E-state index is 9.26. The first-order chi connectivity index (χ1) is 6.09. The predicted molar refractivity (Wildman–Crippen MR) is 50.4 cm³/mol. The van der Waals surface area contributed by atoms with Crippen LogP contribution in [0, 0.1) is 0 Å². The highest BCUT2D eigenvalue weighted by molar-refractivity contribution is 6.29. The molecule has 1 aliphatic rings. The van der Waals surface area contributed by atoms with E-state index in [1.54, 1.807) is 19.1 Å². The zero-order chi connectivity index (χ0) is 9.84. The van der Waals surface area contributed by atoms with E-state index in [0.717, 1.165) is 0 Å². The third-order valence-corrected chi connectivity index (χ3v) is 1.81. The first-order valence-corrected chi connectivity index (χ1v) is 4.44. The van der Waals surface area contributed by atoms with E-state index in [-0.39, 0.29) is 12.7 Å². The van der Waals surface area contributed by atoms with Gasteiger partial charge in [0.2, 0.25) is 0 Å². The van der Waals surface area contributed by atoms with E-state index < -0.39 is 12.4 Å². The van der Waals surface area contributed by atoms with Gasteiger partial charge in [-0.3, -0.25) is 0 Å². The lowest BCUT2D eigenvalue weighted by Gasteiger charge is -2.26. The lowest BCUT2D eigenvalue weighted by Crippen LogP contribution is -2.34. The predicted octanol–water partition coefficient (Wildman–Crippen LogP) is 1.42. The van der Waals surface area contributed by atoms with Crippen molar-refractivity contribution in [2.45, 2.75) is 25.4 Å². The fourth-order valence-electron chi connectivity index (χ4n) is 0.966. The van der Waals surface area contributed by atoms with Crippen molar-refractivity contribution in [3.63, 3.8) is 0 Å². The molecule has 0 saturated heterocycles. The molecule has 0 aromatic heterocycles. The topological polar surface area (TPSA) is 38.7 Å². The Kier molecular flexibility index (Phi) is 3.93. The first kappa shape index (κ1) is 10.7. The number of halogens is 1. The second-order valence-electron chi connectivity index (χ2n) is 2.91. The average Bonchev–Trinajstić information content (AvgIpc) is 2.07. The summed E-state index contributed by atoms with van der Waals surface area (Å²) in [4.78, 5) is 0. The van der Waals surface area contributed by atoms with Crippen molar-refractivity contribution in [2.24, 2.45) is 0 Å². The molecule has 0 saturated carbocycles. The van der Waals surface area contributed by atoms with Gasteiger partial charge in [-0.2, -0.15) is 0 Å². The van der Waals surface area contributed by atoms with Crippen molar-refractivity contribution in [3.05, 3.63) is 23.8 Å². The van der Waals surface area contributed by atoms with Gasteiger partial charge >= 0.3 is 0 Å². The number of rotatable bonds is 3. The minimum Gasteiger partial charge on any atom is -0.386 e. The Hall–Kier alpha value is -0.350. The molecule has 0 amide bonds. The van der Waals surface area contributed by atoms with E-state index in [9.17, 15) is 5.11 Å². The third-order valence-electron chi connectivity index (χ3n) is 1.70. The van der Waals surface area contributed by atoms with Crippen LogP contribution in [-0.4, -0.2) is 30.2 Å². The van der Waals surface area contributed by atoms with Gasteiger partial charge < -0.3 is 14.6 Å². The van der Waals surface area contributed by atoms with Crippen LogP contribution >= 0.6 is 11.6 Å². The summed E-state index contributed by atoms with van der Waals surface area (Å²) in [5.41, 5.74) is 0. The summed E-state index contributed by atoms with van der Waals surface area (Å²) in [5, 5.41) is 9.69. The van der Waals surface area contributed by atoms with Gasteiger partial charge in [0.05, 0.1) is 18.8 Å². The Morgan fingerprint density at radius 2 is 2.38 bits per heavy atom. The van der Waals surface area contributed by atoms with Crippen LogP contribution in [0.1, 0.15) is 6.92 Å². The Balaban J connectivity index is 2.37. The summed E-state index contributed by atoms with van der Waals surface area (Å²) in [6, 6.07) is 0. The highest BCUT2D eigenvalue weighted by Gasteiger charge is 2.21. The zero-order valence-electron chi connectivity index (χ0n) is 7.44. The van der Waals surface area contributed by atoms with Gasteiger partial charge in [-0.25, -0.2) is 0 Å². The molecule has 0 radical (unpaired) electrons. The Bertz CT molecular complexity index is 215. The van der Waals surface area contributed by atoms with Gasteiger partial charge in [-0.15, -0.1) is 0 Å². The molecule has 1 rings (SSSR count). The van der Waals surface area contributed by atoms with Crippen LogP contribution in [0.5, 0.6) is 0 Å². The molecule has 0 aliphatic carbocycles. The smallest absolute Gasteiger partial charge is 0.177 e. The summed E-state index contributed by atoms with van der Waals surface area (Å²) in [7, 11) is 0. The highest BCUT2D eigenvalue weighted by Crippen LogP contribution is 2.14. The molecule has 3 atom stereocenters. The molecule has 13 heavy (non-hydrogen) atoms. The van der Waals surface area contributed by atoms with Crippen LogP contribution in [0.3, 0.4) is 0 Å². The molecule has 4 heteroatoms. The van der Waals surface area contributed by atoms with Crippen LogP contribution in [-0.2, 0) is 9.47 Å². The summed E-state index contributed by atoms with van der Waals surface area (Å²) < 4.78 is 10.5. The van der Waals surface area contributed by atoms with Crippen LogP contribution in [0.4, 0.5) is 0 Å². The number of aliphatic hydroxyl groups excluding tert-OH is 1. The van der Waals surface area contributed by atoms with Crippen molar-refractivity contribution in [1.82, 2.24) is 0 Å². The molecular formula is C9H13ClO3. The van der Waals surface area contributed by atoms with Crippen molar-refractivity contribution >= 4 is 11.6 Å². The highest BCUT2D eigenvalue weighted by atomic mass is 35.5. The standard InChI is InChI=1S/C9H13ClO3/c1-6(10)5-12-9-4-3-8(11)7(2)13-9/h3-4,7-9,11H,1,5H2,2H3/t7-,8+,9+/m0/s1. The first-order valence-electron chi connectivity index (χ1n) is 4.06. The minimum atomic E-state index is -0.556. The molecule has 0 unspecified atom stereocenters. The Morgan fingerprint density at radius 3 is 2.92 bits per heavy atom. The molecule has 0 aromatic carbocycles. The molecular weight excluding hydrogens is 192 g/mol. The van der Waals surface area contributed by atoms with Gasteiger partial charge in [0, 0.05) is 5.03 Å². The lowest BCUT2D eigenvalue weighted by molar-refractivity contribution is -0.159. The Morgan fingerprint density at radius 1 is 1.69 bits per heavy atom. The lowest BCUT2D eigenvalue weighted by atomic mass is 10.2. The monoisotopic (exact) mass is 204 g/mol. The summed E-state index contributed by atoms with van der Waals surface area (Å²) in [6.07, 6.45) is 2.06. The van der Waals surface area contributed by atoms with Gasteiger partial charge in [-0.05, 0) is 13.0 Å². The molecule has 0 aromatic rings. The van der Waals surface area contributed by atoms with Crippen LogP contribution in [0.25, 0.3) is 0 Å². The van der Waals surface area contributed by atoms with E-state index in [1.807, 2.05) is 0 Å². The summed E-state index contributed by atoms with van der Waals surface area (Å²) in [5.74, 6) is 0. The quantitative estimate of drug-likeness (QED) is 0.707. The molecule has 1 heterocycles. The van der Waals surface area contributed by atoms with E-state index >= 15 is 0 Å². The molecule has 3 nitrogen and oxygen atoms in total. The van der Waals surface area contributed by atoms with Crippen LogP contribution in [0.2, 0.25) is 0 Å². The van der Waals surface area contributed by atoms with Gasteiger partial charge in [0.1, 0.15) is 0 Å². The number of ether oxygens (including phenoxy) is 2. The second-order valence-corrected chi connectivity index (χ2v) is 3.45. The SMILES string of the molecule is C=C(Cl)CO[C@H]1C=C[C@@H](O)[C@H](C)O1. The van der Waals surface area contributed by atoms with E-state index in [0.29, 0.717) is 5.03 Å². The zero-order valence-corrected chi connectivity index (χ0v) is 8.20. The number of hydrogen-bond acceptors (Lipinski definition) is 3. The summed E-state index contributed by atoms with van der Waals surface area (Å²) >= 11 is 5.51. The van der Waals surface area contributed by atoms with Crippen molar-refractivity contribution in [3.8, 4) is 0 Å². The fourth-order valence-corrected chi connectivity index (χ4v) is 1.03. The molecule has 0 spiro atoms. The largest absolute Gasteiger partial charge is 0.386 e. The van der Waals surface area contributed by atoms with Crippen molar-refractivity contribution in [2.75, 3.05) is 6.61 Å². The molecule has 74 valence electrons. The number of aliphatic hydroxyl groups is 1. The van der Waals surface area contributed by atoms with E-state index in [1.165, 1.54) is 0 Å². The number of hydrogen-bond donors (Lipinski definition) is 1. The normalized spacial score (nSPS) is 33.3. The van der Waals surface area contributed by atoms with Gasteiger partial charge in [0.15, 0.2) is 6.29 Å². The van der Waals surface area contributed by atoms with Gasteiger partial charge in [-0.1, -0.05) is 24.3 Å².